The van der Waals surface area contributed by atoms with Gasteiger partial charge in [-0.1, -0.05) is 60.8 Å². The van der Waals surface area contributed by atoms with Gasteiger partial charge in [-0.25, -0.2) is 0 Å². The molecule has 0 N–H and O–H groups in total. The van der Waals surface area contributed by atoms with Crippen LogP contribution in [0.5, 0.6) is 0 Å². The molecule has 1 aromatic carbocycles. The molecule has 1 aliphatic heterocycles. The minimum absolute atomic E-state index is 0.629. The van der Waals surface area contributed by atoms with Gasteiger partial charge in [-0.05, 0) is 43.0 Å². The van der Waals surface area contributed by atoms with Crippen LogP contribution >= 0.6 is 15.9 Å². The van der Waals surface area contributed by atoms with E-state index in [1.807, 2.05) is 0 Å². The van der Waals surface area contributed by atoms with Gasteiger partial charge < -0.3 is 0 Å². The maximum absolute atomic E-state index is 3.65. The molecule has 0 amide bonds. The summed E-state index contributed by atoms with van der Waals surface area (Å²) < 4.78 is 1.24. The number of piperidine rings is 1. The summed E-state index contributed by atoms with van der Waals surface area (Å²) in [5.41, 5.74) is 2.04. The molecule has 0 aromatic heterocycles. The first-order valence-corrected chi connectivity index (χ1v) is 7.94. The van der Waals surface area contributed by atoms with Crippen molar-refractivity contribution in [3.8, 4) is 0 Å². The van der Waals surface area contributed by atoms with E-state index >= 15 is 0 Å². The van der Waals surface area contributed by atoms with Gasteiger partial charge in [0.1, 0.15) is 0 Å². The normalized spacial score (nSPS) is 19.9. The molecule has 1 aromatic rings. The number of rotatable bonds is 4. The second-order valence-electron chi connectivity index (χ2n) is 5.57. The quantitative estimate of drug-likeness (QED) is 0.768. The number of hydrogen-bond donors (Lipinski definition) is 0. The third-order valence-corrected chi connectivity index (χ3v) is 5.54. The zero-order chi connectivity index (χ0) is 13.0. The van der Waals surface area contributed by atoms with Gasteiger partial charge in [-0.15, -0.1) is 0 Å². The number of halogens is 1. The maximum Gasteiger partial charge on any atom is 0.0244 e. The number of nitrogens with zero attached hydrogens (tertiary/aromatic N) is 1. The van der Waals surface area contributed by atoms with E-state index in [9.17, 15) is 0 Å². The van der Waals surface area contributed by atoms with Crippen LogP contribution in [0.4, 0.5) is 0 Å². The Morgan fingerprint density at radius 3 is 2.28 bits per heavy atom. The van der Waals surface area contributed by atoms with Crippen molar-refractivity contribution in [3.63, 3.8) is 0 Å². The van der Waals surface area contributed by atoms with Crippen LogP contribution < -0.4 is 0 Å². The highest BCUT2D eigenvalue weighted by Crippen LogP contribution is 2.38. The molecule has 0 unspecified atom stereocenters. The summed E-state index contributed by atoms with van der Waals surface area (Å²) in [4.78, 5) is 2.60. The minimum atomic E-state index is 0.629. The average molecular weight is 310 g/mol. The summed E-state index contributed by atoms with van der Waals surface area (Å²) in [5, 5.41) is 0. The van der Waals surface area contributed by atoms with E-state index in [2.05, 4.69) is 58.9 Å². The zero-order valence-corrected chi connectivity index (χ0v) is 13.2. The van der Waals surface area contributed by atoms with Crippen molar-refractivity contribution in [3.05, 3.63) is 34.3 Å². The van der Waals surface area contributed by atoms with Gasteiger partial charge >= 0.3 is 0 Å². The molecule has 1 aliphatic rings. The van der Waals surface area contributed by atoms with Gasteiger partial charge in [0.25, 0.3) is 0 Å². The highest BCUT2D eigenvalue weighted by Gasteiger charge is 2.31. The Labute approximate surface area is 120 Å². The SMILES string of the molecule is CCC1(CC)CCN(Cc2ccccc2Br)CC1. The molecule has 0 aliphatic carbocycles. The second kappa shape index (κ2) is 6.21. The fraction of sp³-hybridized carbons (Fsp3) is 0.625. The van der Waals surface area contributed by atoms with E-state index in [0.717, 1.165) is 6.54 Å². The third kappa shape index (κ3) is 3.16. The van der Waals surface area contributed by atoms with Crippen LogP contribution in [0.15, 0.2) is 28.7 Å². The predicted molar refractivity (Wildman–Crippen MR) is 81.7 cm³/mol. The Morgan fingerprint density at radius 1 is 1.11 bits per heavy atom. The standard InChI is InChI=1S/C16H24BrN/c1-3-16(4-2)9-11-18(12-10-16)13-14-7-5-6-8-15(14)17/h5-8H,3-4,9-13H2,1-2H3. The van der Waals surface area contributed by atoms with Gasteiger partial charge in [-0.3, -0.25) is 4.90 Å². The minimum Gasteiger partial charge on any atom is -0.299 e. The summed E-state index contributed by atoms with van der Waals surface area (Å²) in [6.07, 6.45) is 5.41. The van der Waals surface area contributed by atoms with Gasteiger partial charge in [0.2, 0.25) is 0 Å². The summed E-state index contributed by atoms with van der Waals surface area (Å²) in [5.74, 6) is 0. The highest BCUT2D eigenvalue weighted by molar-refractivity contribution is 9.10. The van der Waals surface area contributed by atoms with Crippen LogP contribution in [-0.4, -0.2) is 18.0 Å². The van der Waals surface area contributed by atoms with Gasteiger partial charge in [0, 0.05) is 11.0 Å². The first kappa shape index (κ1) is 14.1. The lowest BCUT2D eigenvalue weighted by atomic mass is 9.74. The van der Waals surface area contributed by atoms with E-state index in [0.29, 0.717) is 5.41 Å². The summed E-state index contributed by atoms with van der Waals surface area (Å²) >= 11 is 3.65. The Bertz CT molecular complexity index is 374. The number of benzene rings is 1. The van der Waals surface area contributed by atoms with Crippen molar-refractivity contribution in [1.29, 1.82) is 0 Å². The summed E-state index contributed by atoms with van der Waals surface area (Å²) in [6.45, 7) is 8.30. The lowest BCUT2D eigenvalue weighted by Gasteiger charge is -2.41. The van der Waals surface area contributed by atoms with Crippen molar-refractivity contribution in [1.82, 2.24) is 4.90 Å². The smallest absolute Gasteiger partial charge is 0.0244 e. The van der Waals surface area contributed by atoms with Gasteiger partial charge in [0.15, 0.2) is 0 Å². The zero-order valence-electron chi connectivity index (χ0n) is 11.6. The fourth-order valence-corrected chi connectivity index (χ4v) is 3.42. The van der Waals surface area contributed by atoms with Crippen molar-refractivity contribution < 1.29 is 0 Å². The second-order valence-corrected chi connectivity index (χ2v) is 6.43. The molecule has 1 heterocycles. The first-order chi connectivity index (χ1) is 8.69. The van der Waals surface area contributed by atoms with E-state index in [-0.39, 0.29) is 0 Å². The lowest BCUT2D eigenvalue weighted by Crippen LogP contribution is -2.39. The summed E-state index contributed by atoms with van der Waals surface area (Å²) in [6, 6.07) is 8.59. The monoisotopic (exact) mass is 309 g/mol. The van der Waals surface area contributed by atoms with Crippen molar-refractivity contribution in [2.75, 3.05) is 13.1 Å². The number of hydrogen-bond acceptors (Lipinski definition) is 1. The van der Waals surface area contributed by atoms with Crippen molar-refractivity contribution >= 4 is 15.9 Å². The molecule has 0 saturated carbocycles. The van der Waals surface area contributed by atoms with Crippen LogP contribution in [0.25, 0.3) is 0 Å². The fourth-order valence-electron chi connectivity index (χ4n) is 3.01. The molecule has 1 fully saturated rings. The largest absolute Gasteiger partial charge is 0.299 e. The molecule has 1 nitrogen and oxygen atoms in total. The molecule has 100 valence electrons. The van der Waals surface area contributed by atoms with E-state index in [4.69, 9.17) is 0 Å². The molecule has 1 saturated heterocycles. The molecule has 0 radical (unpaired) electrons. The number of likely N-dealkylation sites (tertiary alicyclic amines) is 1. The van der Waals surface area contributed by atoms with Crippen LogP contribution in [0, 0.1) is 5.41 Å². The Kier molecular flexibility index (Phi) is 4.85. The van der Waals surface area contributed by atoms with Crippen molar-refractivity contribution in [2.24, 2.45) is 5.41 Å². The molecule has 0 spiro atoms. The van der Waals surface area contributed by atoms with Gasteiger partial charge in [-0.2, -0.15) is 0 Å². The van der Waals surface area contributed by atoms with Crippen LogP contribution in [0.1, 0.15) is 45.1 Å². The van der Waals surface area contributed by atoms with Crippen LogP contribution in [0.2, 0.25) is 0 Å². The van der Waals surface area contributed by atoms with Crippen LogP contribution in [-0.2, 0) is 6.54 Å². The Balaban J connectivity index is 1.93. The molecular formula is C16H24BrN. The summed E-state index contributed by atoms with van der Waals surface area (Å²) in [7, 11) is 0. The van der Waals surface area contributed by atoms with E-state index in [1.54, 1.807) is 0 Å². The molecule has 2 rings (SSSR count). The highest BCUT2D eigenvalue weighted by atomic mass is 79.9. The average Bonchev–Trinajstić information content (AvgIpc) is 2.43. The first-order valence-electron chi connectivity index (χ1n) is 7.15. The van der Waals surface area contributed by atoms with E-state index in [1.165, 1.54) is 48.8 Å². The van der Waals surface area contributed by atoms with E-state index < -0.39 is 0 Å². The Morgan fingerprint density at radius 2 is 1.72 bits per heavy atom. The predicted octanol–water partition coefficient (Wildman–Crippen LogP) is 4.85. The maximum atomic E-state index is 3.65. The molecule has 0 atom stereocenters. The van der Waals surface area contributed by atoms with Gasteiger partial charge in [0.05, 0.1) is 0 Å². The third-order valence-electron chi connectivity index (χ3n) is 4.77. The van der Waals surface area contributed by atoms with Crippen molar-refractivity contribution in [2.45, 2.75) is 46.1 Å². The molecular weight excluding hydrogens is 286 g/mol. The Hall–Kier alpha value is -0.340. The topological polar surface area (TPSA) is 3.24 Å². The molecule has 2 heteroatoms. The molecule has 18 heavy (non-hydrogen) atoms. The molecule has 0 bridgehead atoms. The van der Waals surface area contributed by atoms with Crippen LogP contribution in [0.3, 0.4) is 0 Å². The lowest BCUT2D eigenvalue weighted by molar-refractivity contribution is 0.0907.